The van der Waals surface area contributed by atoms with E-state index in [0.717, 1.165) is 17.5 Å². The first-order valence-electron chi connectivity index (χ1n) is 8.03. The molecule has 128 valence electrons. The average molecular weight is 350 g/mol. The van der Waals surface area contributed by atoms with Crippen LogP contribution in [0.25, 0.3) is 0 Å². The van der Waals surface area contributed by atoms with Crippen molar-refractivity contribution in [3.8, 4) is 5.75 Å². The Morgan fingerprint density at radius 3 is 2.29 bits per heavy atom. The summed E-state index contributed by atoms with van der Waals surface area (Å²) in [7, 11) is -3.76. The monoisotopic (exact) mass is 350 g/mol. The van der Waals surface area contributed by atoms with Gasteiger partial charge in [-0.05, 0) is 62.5 Å². The van der Waals surface area contributed by atoms with E-state index in [-0.39, 0.29) is 30.3 Å². The molecule has 0 saturated heterocycles. The molecule has 24 heavy (non-hydrogen) atoms. The number of allylic oxidation sites excluding steroid dienone is 2. The Labute approximate surface area is 140 Å². The van der Waals surface area contributed by atoms with Gasteiger partial charge < -0.3 is 4.52 Å². The Morgan fingerprint density at radius 1 is 1.00 bits per heavy atom. The fourth-order valence-corrected chi connectivity index (χ4v) is 4.37. The normalized spacial score (nSPS) is 16.2. The second kappa shape index (κ2) is 6.63. The zero-order chi connectivity index (χ0) is 17.3. The smallest absolute Gasteiger partial charge is 0.404 e. The zero-order valence-electron chi connectivity index (χ0n) is 13.7. The van der Waals surface area contributed by atoms with Crippen LogP contribution >= 0.6 is 7.82 Å². The van der Waals surface area contributed by atoms with Gasteiger partial charge >= 0.3 is 7.82 Å². The summed E-state index contributed by atoms with van der Waals surface area (Å²) in [6.07, 6.45) is 4.78. The van der Waals surface area contributed by atoms with Crippen molar-refractivity contribution in [3.05, 3.63) is 40.5 Å². The number of fused-ring (bicyclic) bond motifs is 3. The maximum Gasteiger partial charge on any atom is 0.530 e. The Balaban J connectivity index is 2.09. The average Bonchev–Trinajstić information content (AvgIpc) is 3.01. The fourth-order valence-electron chi connectivity index (χ4n) is 3.15. The van der Waals surface area contributed by atoms with Crippen molar-refractivity contribution in [2.75, 3.05) is 13.2 Å². The van der Waals surface area contributed by atoms with Crippen LogP contribution in [-0.4, -0.2) is 24.8 Å². The number of phosphoric acid groups is 1. The van der Waals surface area contributed by atoms with Crippen LogP contribution in [0.1, 0.15) is 52.1 Å². The van der Waals surface area contributed by atoms with Gasteiger partial charge in [0.15, 0.2) is 11.6 Å². The lowest BCUT2D eigenvalue weighted by atomic mass is 9.88. The van der Waals surface area contributed by atoms with Gasteiger partial charge in [-0.3, -0.25) is 18.6 Å². The van der Waals surface area contributed by atoms with Crippen molar-refractivity contribution in [2.24, 2.45) is 0 Å². The standard InChI is InChI=1S/C17H19O6P/c1-3-21-24(20,22-4-2)23-16-10-13-14(18)8-9-15(19)17(13)12-7-5-6-11(12)16/h8-10H,3-7H2,1-2H3. The van der Waals surface area contributed by atoms with E-state index in [1.807, 2.05) is 0 Å². The van der Waals surface area contributed by atoms with Crippen LogP contribution in [0.3, 0.4) is 0 Å². The van der Waals surface area contributed by atoms with Gasteiger partial charge in [0.25, 0.3) is 0 Å². The van der Waals surface area contributed by atoms with Crippen LogP contribution in [0.4, 0.5) is 0 Å². The first kappa shape index (κ1) is 17.1. The second-order valence-electron chi connectivity index (χ2n) is 5.54. The molecule has 0 radical (unpaired) electrons. The molecule has 0 spiro atoms. The topological polar surface area (TPSA) is 78.9 Å². The van der Waals surface area contributed by atoms with Crippen LogP contribution in [0.2, 0.25) is 0 Å². The van der Waals surface area contributed by atoms with Crippen molar-refractivity contribution in [3.63, 3.8) is 0 Å². The summed E-state index contributed by atoms with van der Waals surface area (Å²) in [5, 5.41) is 0. The highest BCUT2D eigenvalue weighted by atomic mass is 31.2. The van der Waals surface area contributed by atoms with Gasteiger partial charge in [-0.1, -0.05) is 0 Å². The molecule has 3 rings (SSSR count). The molecule has 0 heterocycles. The third-order valence-corrected chi connectivity index (χ3v) is 5.61. The van der Waals surface area contributed by atoms with E-state index in [0.29, 0.717) is 24.2 Å². The van der Waals surface area contributed by atoms with E-state index in [1.165, 1.54) is 18.2 Å². The predicted octanol–water partition coefficient (Wildman–Crippen LogP) is 3.67. The molecule has 0 atom stereocenters. The van der Waals surface area contributed by atoms with E-state index >= 15 is 0 Å². The lowest BCUT2D eigenvalue weighted by molar-refractivity contribution is 0.0993. The van der Waals surface area contributed by atoms with E-state index < -0.39 is 7.82 Å². The lowest BCUT2D eigenvalue weighted by Gasteiger charge is -2.21. The highest BCUT2D eigenvalue weighted by Gasteiger charge is 2.34. The molecule has 0 unspecified atom stereocenters. The van der Waals surface area contributed by atoms with Crippen LogP contribution in [-0.2, 0) is 26.5 Å². The Hall–Kier alpha value is -1.75. The minimum absolute atomic E-state index is 0.171. The van der Waals surface area contributed by atoms with Gasteiger partial charge in [-0.25, -0.2) is 4.57 Å². The number of phosphoric ester groups is 1. The summed E-state index contributed by atoms with van der Waals surface area (Å²) in [4.78, 5) is 24.4. The van der Waals surface area contributed by atoms with Crippen molar-refractivity contribution in [1.82, 2.24) is 0 Å². The number of hydrogen-bond acceptors (Lipinski definition) is 6. The number of carbonyl (C=O) groups is 2. The second-order valence-corrected chi connectivity index (χ2v) is 7.14. The summed E-state index contributed by atoms with van der Waals surface area (Å²) < 4.78 is 28.6. The Kier molecular flexibility index (Phi) is 4.72. The molecule has 2 aliphatic carbocycles. The first-order valence-corrected chi connectivity index (χ1v) is 9.49. The summed E-state index contributed by atoms with van der Waals surface area (Å²) >= 11 is 0. The van der Waals surface area contributed by atoms with Crippen LogP contribution in [0.15, 0.2) is 18.2 Å². The minimum atomic E-state index is -3.76. The Bertz CT molecular complexity index is 770. The molecule has 2 aliphatic rings. The maximum absolute atomic E-state index is 12.7. The van der Waals surface area contributed by atoms with Gasteiger partial charge in [0.1, 0.15) is 5.75 Å². The molecule has 6 nitrogen and oxygen atoms in total. The number of benzene rings is 1. The lowest BCUT2D eigenvalue weighted by Crippen LogP contribution is -2.15. The van der Waals surface area contributed by atoms with Crippen LogP contribution in [0.5, 0.6) is 5.75 Å². The number of rotatable bonds is 6. The fraction of sp³-hybridized carbons (Fsp3) is 0.412. The first-order chi connectivity index (χ1) is 11.5. The van der Waals surface area contributed by atoms with Crippen molar-refractivity contribution in [2.45, 2.75) is 33.1 Å². The SMILES string of the molecule is CCOP(=O)(OCC)Oc1cc2c(c3c1CCC3)C(=O)C=CC2=O. The molecular formula is C17H19O6P. The van der Waals surface area contributed by atoms with Crippen molar-refractivity contribution < 1.29 is 27.7 Å². The molecule has 0 bridgehead atoms. The highest BCUT2D eigenvalue weighted by molar-refractivity contribution is 7.48. The van der Waals surface area contributed by atoms with Gasteiger partial charge in [-0.2, -0.15) is 0 Å². The minimum Gasteiger partial charge on any atom is -0.404 e. The van der Waals surface area contributed by atoms with E-state index in [9.17, 15) is 14.2 Å². The summed E-state index contributed by atoms with van der Waals surface area (Å²) in [6, 6.07) is 1.49. The van der Waals surface area contributed by atoms with Crippen LogP contribution < -0.4 is 4.52 Å². The van der Waals surface area contributed by atoms with Gasteiger partial charge in [0, 0.05) is 11.1 Å². The van der Waals surface area contributed by atoms with Crippen molar-refractivity contribution in [1.29, 1.82) is 0 Å². The Morgan fingerprint density at radius 2 is 1.62 bits per heavy atom. The summed E-state index contributed by atoms with van der Waals surface area (Å²) in [5.41, 5.74) is 2.36. The summed E-state index contributed by atoms with van der Waals surface area (Å²) in [6.45, 7) is 3.73. The van der Waals surface area contributed by atoms with Gasteiger partial charge in [0.2, 0.25) is 0 Å². The van der Waals surface area contributed by atoms with Crippen LogP contribution in [0, 0.1) is 0 Å². The van der Waals surface area contributed by atoms with Gasteiger partial charge in [-0.15, -0.1) is 0 Å². The van der Waals surface area contributed by atoms with E-state index in [2.05, 4.69) is 0 Å². The summed E-state index contributed by atoms with van der Waals surface area (Å²) in [5.74, 6) is -0.123. The molecule has 1 aromatic carbocycles. The zero-order valence-corrected chi connectivity index (χ0v) is 14.6. The highest BCUT2D eigenvalue weighted by Crippen LogP contribution is 2.51. The number of hydrogen-bond donors (Lipinski definition) is 0. The number of ketones is 2. The predicted molar refractivity (Wildman–Crippen MR) is 87.8 cm³/mol. The third-order valence-electron chi connectivity index (χ3n) is 4.04. The molecule has 0 saturated carbocycles. The molecule has 7 heteroatoms. The molecule has 1 aromatic rings. The molecule has 0 aliphatic heterocycles. The quantitative estimate of drug-likeness (QED) is 0.729. The molecule has 0 N–H and O–H groups in total. The van der Waals surface area contributed by atoms with Gasteiger partial charge in [0.05, 0.1) is 13.2 Å². The largest absolute Gasteiger partial charge is 0.530 e. The van der Waals surface area contributed by atoms with Crippen molar-refractivity contribution >= 4 is 19.4 Å². The van der Waals surface area contributed by atoms with E-state index in [1.54, 1.807) is 13.8 Å². The molecule has 0 fully saturated rings. The molecule has 0 aromatic heterocycles. The third kappa shape index (κ3) is 2.97. The maximum atomic E-state index is 12.7. The molecule has 0 amide bonds. The molecular weight excluding hydrogens is 331 g/mol. The van der Waals surface area contributed by atoms with E-state index in [4.69, 9.17) is 13.6 Å². The number of carbonyl (C=O) groups excluding carboxylic acids is 2.